The van der Waals surface area contributed by atoms with E-state index in [4.69, 9.17) is 9.47 Å². The highest BCUT2D eigenvalue weighted by Crippen LogP contribution is 2.66. The van der Waals surface area contributed by atoms with Gasteiger partial charge in [0.25, 0.3) is 0 Å². The number of carbonyl (C=O) groups excluding carboxylic acids is 2. The summed E-state index contributed by atoms with van der Waals surface area (Å²) in [7, 11) is 1.67. The number of methoxy groups -OCH3 is 1. The van der Waals surface area contributed by atoms with Gasteiger partial charge in [-0.15, -0.1) is 0 Å². The van der Waals surface area contributed by atoms with Gasteiger partial charge in [0.05, 0.1) is 13.2 Å². The first-order valence-electron chi connectivity index (χ1n) is 13.5. The predicted molar refractivity (Wildman–Crippen MR) is 137 cm³/mol. The molecule has 6 heteroatoms. The molecule has 0 radical (unpaired) electrons. The number of carbonyl (C=O) groups is 2. The molecule has 0 bridgehead atoms. The molecule has 4 aliphatic carbocycles. The van der Waals surface area contributed by atoms with Gasteiger partial charge in [-0.1, -0.05) is 37.6 Å². The van der Waals surface area contributed by atoms with Crippen LogP contribution in [-0.2, 0) is 9.53 Å². The number of rotatable bonds is 3. The van der Waals surface area contributed by atoms with Gasteiger partial charge in [0.15, 0.2) is 0 Å². The van der Waals surface area contributed by atoms with Crippen molar-refractivity contribution in [2.75, 3.05) is 7.11 Å². The van der Waals surface area contributed by atoms with Crippen LogP contribution in [0, 0.1) is 28.6 Å². The summed E-state index contributed by atoms with van der Waals surface area (Å²) in [5, 5.41) is 6.48. The summed E-state index contributed by atoms with van der Waals surface area (Å²) >= 11 is 0. The first-order chi connectivity index (χ1) is 17.2. The van der Waals surface area contributed by atoms with Crippen molar-refractivity contribution in [3.63, 3.8) is 0 Å². The van der Waals surface area contributed by atoms with Crippen LogP contribution in [0.1, 0.15) is 77.3 Å². The third-order valence-electron chi connectivity index (χ3n) is 10.4. The molecule has 2 amide bonds. The van der Waals surface area contributed by atoms with E-state index in [-0.39, 0.29) is 35.0 Å². The Balaban J connectivity index is 1.30. The largest absolute Gasteiger partial charge is 0.497 e. The van der Waals surface area contributed by atoms with Gasteiger partial charge < -0.3 is 20.1 Å². The fraction of sp³-hybridized carbons (Fsp3) is 0.600. The molecule has 192 valence electrons. The van der Waals surface area contributed by atoms with Crippen molar-refractivity contribution >= 4 is 12.0 Å². The Morgan fingerprint density at radius 3 is 2.50 bits per heavy atom. The van der Waals surface area contributed by atoms with Gasteiger partial charge in [-0.05, 0) is 85.0 Å². The normalized spacial score (nSPS) is 38.9. The third-order valence-corrected chi connectivity index (χ3v) is 10.4. The van der Waals surface area contributed by atoms with Crippen molar-refractivity contribution in [3.8, 4) is 5.75 Å². The topological polar surface area (TPSA) is 76.7 Å². The summed E-state index contributed by atoms with van der Waals surface area (Å²) < 4.78 is 11.0. The van der Waals surface area contributed by atoms with E-state index in [1.54, 1.807) is 7.11 Å². The van der Waals surface area contributed by atoms with Gasteiger partial charge in [-0.25, -0.2) is 4.79 Å². The lowest BCUT2D eigenvalue weighted by atomic mass is 9.48. The molecule has 2 N–H and O–H groups in total. The SMILES string of the molecule is COc1ccc(C2NC(=O)NC3=C2C[C@H]2[C@@H]4CC=C5C[C@@H](OC(C)=O)CC[C@]5(C)[C@H]4CC[C@]32C)cc1. The molecule has 2 fully saturated rings. The van der Waals surface area contributed by atoms with E-state index in [2.05, 4.69) is 42.7 Å². The highest BCUT2D eigenvalue weighted by molar-refractivity contribution is 5.80. The molecule has 2 saturated carbocycles. The van der Waals surface area contributed by atoms with Crippen LogP contribution in [0.3, 0.4) is 0 Å². The monoisotopic (exact) mass is 490 g/mol. The van der Waals surface area contributed by atoms with E-state index in [1.165, 1.54) is 30.2 Å². The van der Waals surface area contributed by atoms with Crippen molar-refractivity contribution in [2.24, 2.45) is 28.6 Å². The van der Waals surface area contributed by atoms with Crippen molar-refractivity contribution in [3.05, 3.63) is 52.7 Å². The lowest BCUT2D eigenvalue weighted by molar-refractivity contribution is -0.148. The lowest BCUT2D eigenvalue weighted by Gasteiger charge is -2.57. The molecule has 1 aliphatic heterocycles. The summed E-state index contributed by atoms with van der Waals surface area (Å²) in [5.74, 6) is 2.41. The number of nitrogens with one attached hydrogen (secondary N) is 2. The highest BCUT2D eigenvalue weighted by Gasteiger charge is 2.59. The number of benzene rings is 1. The van der Waals surface area contributed by atoms with Gasteiger partial charge >= 0.3 is 12.0 Å². The standard InChI is InChI=1S/C30H38N2O4/c1-17(33)36-21-11-13-29(2)19(15-21)7-10-22-24(29)12-14-30(3)25(22)16-23-26(31-28(34)32-27(23)30)18-5-8-20(35-4)9-6-18/h5-9,21-22,24-26H,10-16H2,1-4H3,(H2,31,32,34)/t21-,22+,24-,25-,26?,29-,30-/m0/s1. The Morgan fingerprint density at radius 2 is 1.78 bits per heavy atom. The number of hydrogen-bond acceptors (Lipinski definition) is 4. The highest BCUT2D eigenvalue weighted by atomic mass is 16.5. The number of hydrogen-bond donors (Lipinski definition) is 2. The van der Waals surface area contributed by atoms with Crippen LogP contribution in [0.15, 0.2) is 47.2 Å². The molecule has 1 aromatic rings. The van der Waals surface area contributed by atoms with Gasteiger partial charge in [-0.3, -0.25) is 4.79 Å². The zero-order valence-electron chi connectivity index (χ0n) is 21.9. The number of amides is 2. The van der Waals surface area contributed by atoms with Crippen molar-refractivity contribution in [2.45, 2.75) is 77.9 Å². The Bertz CT molecular complexity index is 1150. The second-order valence-corrected chi connectivity index (χ2v) is 12.1. The molecule has 6 rings (SSSR count). The molecule has 0 aromatic heterocycles. The molecule has 7 atom stereocenters. The maximum Gasteiger partial charge on any atom is 0.319 e. The second kappa shape index (κ2) is 8.39. The number of urea groups is 1. The van der Waals surface area contributed by atoms with Gasteiger partial charge in [-0.2, -0.15) is 0 Å². The molecule has 0 spiro atoms. The Hall–Kier alpha value is -2.76. The Morgan fingerprint density at radius 1 is 1.03 bits per heavy atom. The zero-order valence-corrected chi connectivity index (χ0v) is 21.9. The van der Waals surface area contributed by atoms with Crippen LogP contribution in [0.25, 0.3) is 0 Å². The van der Waals surface area contributed by atoms with Crippen LogP contribution >= 0.6 is 0 Å². The van der Waals surface area contributed by atoms with E-state index in [0.29, 0.717) is 17.8 Å². The fourth-order valence-corrected chi connectivity index (χ4v) is 8.61. The molecule has 1 heterocycles. The summed E-state index contributed by atoms with van der Waals surface area (Å²) in [6.45, 7) is 6.38. The minimum atomic E-state index is -0.170. The molecule has 0 saturated heterocycles. The van der Waals surface area contributed by atoms with Crippen LogP contribution in [0.4, 0.5) is 4.79 Å². The first-order valence-corrected chi connectivity index (χ1v) is 13.5. The molecule has 6 nitrogen and oxygen atoms in total. The van der Waals surface area contributed by atoms with Crippen molar-refractivity contribution < 1.29 is 19.1 Å². The molecule has 1 aromatic carbocycles. The van der Waals surface area contributed by atoms with Crippen molar-refractivity contribution in [1.29, 1.82) is 0 Å². The Kier molecular flexibility index (Phi) is 5.51. The van der Waals surface area contributed by atoms with Gasteiger partial charge in [0, 0.05) is 24.5 Å². The van der Waals surface area contributed by atoms with Crippen molar-refractivity contribution in [1.82, 2.24) is 10.6 Å². The Labute approximate surface area is 213 Å². The molecule has 5 aliphatic rings. The second-order valence-electron chi connectivity index (χ2n) is 12.1. The van der Waals surface area contributed by atoms with E-state index in [9.17, 15) is 9.59 Å². The lowest BCUT2D eigenvalue weighted by Crippen LogP contribution is -2.52. The van der Waals surface area contributed by atoms with E-state index in [0.717, 1.165) is 49.8 Å². The number of fused-ring (bicyclic) bond motifs is 6. The van der Waals surface area contributed by atoms with Crippen LogP contribution in [-0.4, -0.2) is 25.2 Å². The first kappa shape index (κ1) is 23.6. The summed E-state index contributed by atoms with van der Waals surface area (Å²) in [6.07, 6.45) is 9.81. The van der Waals surface area contributed by atoms with E-state index in [1.807, 2.05) is 12.1 Å². The van der Waals surface area contributed by atoms with E-state index < -0.39 is 0 Å². The summed E-state index contributed by atoms with van der Waals surface area (Å²) in [5.41, 5.74) is 5.32. The number of ether oxygens (including phenoxy) is 2. The minimum absolute atomic E-state index is 0.00434. The van der Waals surface area contributed by atoms with Gasteiger partial charge in [0.2, 0.25) is 0 Å². The maximum absolute atomic E-state index is 12.8. The quantitative estimate of drug-likeness (QED) is 0.414. The average Bonchev–Trinajstić information content (AvgIpc) is 3.16. The number of allylic oxidation sites excluding steroid dienone is 2. The molecular formula is C30H38N2O4. The van der Waals surface area contributed by atoms with Gasteiger partial charge in [0.1, 0.15) is 11.9 Å². The summed E-state index contributed by atoms with van der Waals surface area (Å²) in [6, 6.07) is 7.91. The summed E-state index contributed by atoms with van der Waals surface area (Å²) in [4.78, 5) is 24.4. The predicted octanol–water partition coefficient (Wildman–Crippen LogP) is 5.81. The van der Waals surface area contributed by atoms with E-state index >= 15 is 0 Å². The zero-order chi connectivity index (χ0) is 25.2. The third kappa shape index (κ3) is 3.51. The minimum Gasteiger partial charge on any atom is -0.497 e. The average molecular weight is 491 g/mol. The number of esters is 1. The van der Waals surface area contributed by atoms with Crippen LogP contribution in [0.5, 0.6) is 5.75 Å². The molecular weight excluding hydrogens is 452 g/mol. The van der Waals surface area contributed by atoms with Crippen LogP contribution in [0.2, 0.25) is 0 Å². The molecule has 36 heavy (non-hydrogen) atoms. The maximum atomic E-state index is 12.8. The fourth-order valence-electron chi connectivity index (χ4n) is 8.61. The smallest absolute Gasteiger partial charge is 0.319 e. The molecule has 1 unspecified atom stereocenters. The van der Waals surface area contributed by atoms with Crippen LogP contribution < -0.4 is 15.4 Å².